The second-order valence-electron chi connectivity index (χ2n) is 6.63. The molecule has 3 rings (SSSR count). The van der Waals surface area contributed by atoms with Gasteiger partial charge in [0.2, 0.25) is 5.91 Å². The van der Waals surface area contributed by atoms with Gasteiger partial charge in [0.05, 0.1) is 6.54 Å². The van der Waals surface area contributed by atoms with Crippen molar-refractivity contribution in [2.24, 2.45) is 16.6 Å². The SMILES string of the molecule is NC(=NCc1cccc(NC(=O)C2CCCC2)c1)NCCc1cccs1. The molecule has 0 aliphatic heterocycles. The number of carbonyl (C=O) groups excluding carboxylic acids is 1. The van der Waals surface area contributed by atoms with Crippen LogP contribution in [0.3, 0.4) is 0 Å². The van der Waals surface area contributed by atoms with Gasteiger partial charge in [0.15, 0.2) is 5.96 Å². The normalized spacial score (nSPS) is 15.2. The highest BCUT2D eigenvalue weighted by atomic mass is 32.1. The third-order valence-corrected chi connectivity index (χ3v) is 5.55. The predicted octanol–water partition coefficient (Wildman–Crippen LogP) is 3.52. The Hall–Kier alpha value is -2.34. The predicted molar refractivity (Wildman–Crippen MR) is 108 cm³/mol. The van der Waals surface area contributed by atoms with E-state index >= 15 is 0 Å². The summed E-state index contributed by atoms with van der Waals surface area (Å²) < 4.78 is 0. The summed E-state index contributed by atoms with van der Waals surface area (Å²) in [6.07, 6.45) is 5.26. The number of hydrogen-bond donors (Lipinski definition) is 3. The largest absolute Gasteiger partial charge is 0.370 e. The summed E-state index contributed by atoms with van der Waals surface area (Å²) in [4.78, 5) is 18.0. The first-order valence-corrected chi connectivity index (χ1v) is 10.0. The molecule has 5 nitrogen and oxygen atoms in total. The first-order chi connectivity index (χ1) is 12.7. The van der Waals surface area contributed by atoms with Crippen LogP contribution in [0.15, 0.2) is 46.8 Å². The minimum absolute atomic E-state index is 0.137. The van der Waals surface area contributed by atoms with Gasteiger partial charge in [-0.05, 0) is 48.4 Å². The lowest BCUT2D eigenvalue weighted by molar-refractivity contribution is -0.119. The average Bonchev–Trinajstić information content (AvgIpc) is 3.34. The van der Waals surface area contributed by atoms with Gasteiger partial charge in [-0.25, -0.2) is 4.99 Å². The van der Waals surface area contributed by atoms with Crippen LogP contribution in [0.1, 0.15) is 36.1 Å². The van der Waals surface area contributed by atoms with Gasteiger partial charge in [-0.15, -0.1) is 11.3 Å². The summed E-state index contributed by atoms with van der Waals surface area (Å²) in [5.74, 6) is 0.750. The van der Waals surface area contributed by atoms with Crippen molar-refractivity contribution in [2.75, 3.05) is 11.9 Å². The Kier molecular flexibility index (Phi) is 6.66. The third kappa shape index (κ3) is 5.59. The highest BCUT2D eigenvalue weighted by Gasteiger charge is 2.22. The van der Waals surface area contributed by atoms with Gasteiger partial charge in [0.25, 0.3) is 0 Å². The number of nitrogens with zero attached hydrogens (tertiary/aromatic N) is 1. The van der Waals surface area contributed by atoms with E-state index in [1.165, 1.54) is 4.88 Å². The fourth-order valence-corrected chi connectivity index (χ4v) is 3.89. The topological polar surface area (TPSA) is 79.5 Å². The van der Waals surface area contributed by atoms with Crippen LogP contribution >= 0.6 is 11.3 Å². The highest BCUT2D eigenvalue weighted by Crippen LogP contribution is 2.26. The Balaban J connectivity index is 1.47. The number of carbonyl (C=O) groups is 1. The summed E-state index contributed by atoms with van der Waals surface area (Å²) in [6, 6.07) is 12.0. The first-order valence-electron chi connectivity index (χ1n) is 9.17. The maximum Gasteiger partial charge on any atom is 0.227 e. The maximum atomic E-state index is 12.2. The Bertz CT molecular complexity index is 736. The van der Waals surface area contributed by atoms with Crippen molar-refractivity contribution in [1.29, 1.82) is 0 Å². The van der Waals surface area contributed by atoms with Crippen molar-refractivity contribution < 1.29 is 4.79 Å². The molecule has 0 unspecified atom stereocenters. The van der Waals surface area contributed by atoms with E-state index in [0.717, 1.165) is 49.9 Å². The molecule has 4 N–H and O–H groups in total. The summed E-state index contributed by atoms with van der Waals surface area (Å²) in [5, 5.41) is 8.24. The molecule has 1 saturated carbocycles. The molecule has 6 heteroatoms. The zero-order valence-corrected chi connectivity index (χ0v) is 15.7. The molecule has 1 aliphatic carbocycles. The van der Waals surface area contributed by atoms with Crippen LogP contribution in [-0.2, 0) is 17.8 Å². The molecule has 1 fully saturated rings. The third-order valence-electron chi connectivity index (χ3n) is 4.61. The number of nitrogens with one attached hydrogen (secondary N) is 2. The van der Waals surface area contributed by atoms with E-state index in [0.29, 0.717) is 12.5 Å². The molecule has 0 bridgehead atoms. The number of hydrogen-bond acceptors (Lipinski definition) is 3. The number of aliphatic imine (C=N–C) groups is 1. The van der Waals surface area contributed by atoms with E-state index in [4.69, 9.17) is 5.73 Å². The molecule has 0 radical (unpaired) electrons. The van der Waals surface area contributed by atoms with Crippen molar-refractivity contribution in [3.05, 3.63) is 52.2 Å². The van der Waals surface area contributed by atoms with Crippen molar-refractivity contribution >= 4 is 28.9 Å². The Morgan fingerprint density at radius 3 is 2.85 bits per heavy atom. The van der Waals surface area contributed by atoms with Gasteiger partial charge >= 0.3 is 0 Å². The molecule has 0 atom stereocenters. The van der Waals surface area contributed by atoms with E-state index in [9.17, 15) is 4.79 Å². The monoisotopic (exact) mass is 370 g/mol. The molecule has 138 valence electrons. The zero-order valence-electron chi connectivity index (χ0n) is 14.9. The second kappa shape index (κ2) is 9.38. The van der Waals surface area contributed by atoms with Crippen LogP contribution in [-0.4, -0.2) is 18.4 Å². The van der Waals surface area contributed by atoms with Gasteiger partial charge in [-0.2, -0.15) is 0 Å². The van der Waals surface area contributed by atoms with Crippen molar-refractivity contribution in [3.8, 4) is 0 Å². The van der Waals surface area contributed by atoms with E-state index in [1.54, 1.807) is 11.3 Å². The summed E-state index contributed by atoms with van der Waals surface area (Å²) >= 11 is 1.74. The molecule has 1 amide bonds. The quantitative estimate of drug-likeness (QED) is 0.515. The number of benzene rings is 1. The highest BCUT2D eigenvalue weighted by molar-refractivity contribution is 7.09. The summed E-state index contributed by atoms with van der Waals surface area (Å²) in [6.45, 7) is 1.26. The van der Waals surface area contributed by atoms with Crippen LogP contribution in [0.2, 0.25) is 0 Å². The van der Waals surface area contributed by atoms with Gasteiger partial charge < -0.3 is 16.4 Å². The number of amides is 1. The van der Waals surface area contributed by atoms with Crippen LogP contribution in [0.4, 0.5) is 5.69 Å². The summed E-state index contributed by atoms with van der Waals surface area (Å²) in [7, 11) is 0. The summed E-state index contributed by atoms with van der Waals surface area (Å²) in [5.41, 5.74) is 7.79. The molecule has 1 heterocycles. The standard InChI is InChI=1S/C20H26N4OS/c21-20(22-11-10-18-9-4-12-26-18)23-14-15-5-3-8-17(13-15)24-19(25)16-6-1-2-7-16/h3-5,8-9,12-13,16H,1-2,6-7,10-11,14H2,(H,24,25)(H3,21,22,23). The van der Waals surface area contributed by atoms with Gasteiger partial charge in [0.1, 0.15) is 0 Å². The first kappa shape index (κ1) is 18.5. The molecule has 0 saturated heterocycles. The number of anilines is 1. The number of guanidine groups is 1. The Labute approximate surface area is 158 Å². The molecular formula is C20H26N4OS. The second-order valence-corrected chi connectivity index (χ2v) is 7.66. The lowest BCUT2D eigenvalue weighted by Gasteiger charge is -2.11. The fraction of sp³-hybridized carbons (Fsp3) is 0.400. The van der Waals surface area contributed by atoms with Crippen LogP contribution in [0.5, 0.6) is 0 Å². The minimum Gasteiger partial charge on any atom is -0.370 e. The zero-order chi connectivity index (χ0) is 18.2. The van der Waals surface area contributed by atoms with Crippen molar-refractivity contribution in [3.63, 3.8) is 0 Å². The van der Waals surface area contributed by atoms with Gasteiger partial charge in [0, 0.05) is 23.0 Å². The van der Waals surface area contributed by atoms with E-state index < -0.39 is 0 Å². The number of rotatable bonds is 7. The van der Waals surface area contributed by atoms with E-state index in [-0.39, 0.29) is 11.8 Å². The van der Waals surface area contributed by atoms with Gasteiger partial charge in [-0.1, -0.05) is 31.0 Å². The molecule has 26 heavy (non-hydrogen) atoms. The lowest BCUT2D eigenvalue weighted by atomic mass is 10.1. The average molecular weight is 371 g/mol. The molecular weight excluding hydrogens is 344 g/mol. The minimum atomic E-state index is 0.137. The Morgan fingerprint density at radius 2 is 2.08 bits per heavy atom. The van der Waals surface area contributed by atoms with Crippen molar-refractivity contribution in [1.82, 2.24) is 5.32 Å². The van der Waals surface area contributed by atoms with Crippen LogP contribution in [0, 0.1) is 5.92 Å². The molecule has 2 aromatic rings. The van der Waals surface area contributed by atoms with Crippen molar-refractivity contribution in [2.45, 2.75) is 38.6 Å². The van der Waals surface area contributed by atoms with Gasteiger partial charge in [-0.3, -0.25) is 4.79 Å². The van der Waals surface area contributed by atoms with Crippen LogP contribution < -0.4 is 16.4 Å². The smallest absolute Gasteiger partial charge is 0.227 e. The molecule has 1 aromatic carbocycles. The molecule has 1 aliphatic rings. The number of thiophene rings is 1. The Morgan fingerprint density at radius 1 is 1.23 bits per heavy atom. The maximum absolute atomic E-state index is 12.2. The number of nitrogens with two attached hydrogens (primary N) is 1. The fourth-order valence-electron chi connectivity index (χ4n) is 3.18. The van der Waals surface area contributed by atoms with E-state index in [2.05, 4.69) is 33.1 Å². The molecule has 0 spiro atoms. The molecule has 1 aromatic heterocycles. The van der Waals surface area contributed by atoms with Crippen LogP contribution in [0.25, 0.3) is 0 Å². The lowest BCUT2D eigenvalue weighted by Crippen LogP contribution is -2.33. The van der Waals surface area contributed by atoms with E-state index in [1.807, 2.05) is 24.3 Å².